The van der Waals surface area contributed by atoms with Crippen LogP contribution < -0.4 is 59.4 Å². The number of fused-ring (bicyclic) bond motifs is 18. The summed E-state index contributed by atoms with van der Waals surface area (Å²) in [6.45, 7) is 67.4. The summed E-state index contributed by atoms with van der Waals surface area (Å²) in [6.07, 6.45) is 13.4. The molecule has 0 atom stereocenters. The summed E-state index contributed by atoms with van der Waals surface area (Å²) in [7, 11) is 13.2. The molecule has 0 amide bonds. The number of anilines is 5. The second-order valence-electron chi connectivity index (χ2n) is 46.1. The van der Waals surface area contributed by atoms with Gasteiger partial charge in [0.05, 0.1) is 61.5 Å². The lowest BCUT2D eigenvalue weighted by molar-refractivity contribution is -0.524. The van der Waals surface area contributed by atoms with Crippen LogP contribution in [-0.4, -0.2) is 60.3 Å². The quantitative estimate of drug-likeness (QED) is 0.117. The first kappa shape index (κ1) is 98.4. The fraction of sp³-hybridized carbons (Fsp3) is 0.377. The largest absolute Gasteiger partial charge is 0.542 e. The van der Waals surface area contributed by atoms with Gasteiger partial charge in [0.15, 0.2) is 11.0 Å². The van der Waals surface area contributed by atoms with E-state index in [4.69, 9.17) is 4.42 Å². The van der Waals surface area contributed by atoms with Crippen molar-refractivity contribution < 1.29 is 22.3 Å². The van der Waals surface area contributed by atoms with E-state index in [-0.39, 0.29) is 44.2 Å². The lowest BCUT2D eigenvalue weighted by Gasteiger charge is -2.39. The van der Waals surface area contributed by atoms with E-state index < -0.39 is 0 Å². The van der Waals surface area contributed by atoms with Crippen molar-refractivity contribution in [3.63, 3.8) is 0 Å². The molecule has 0 aliphatic carbocycles. The molecule has 13 nitrogen and oxygen atoms in total. The van der Waals surface area contributed by atoms with E-state index in [9.17, 15) is 0 Å². The summed E-state index contributed by atoms with van der Waals surface area (Å²) in [5, 5.41) is 6.33. The lowest BCUT2D eigenvalue weighted by Crippen LogP contribution is -2.71. The van der Waals surface area contributed by atoms with Crippen LogP contribution in [0.2, 0.25) is 0 Å². The summed E-state index contributed by atoms with van der Waals surface area (Å²) in [5.74, 6) is 8.45. The summed E-state index contributed by atoms with van der Waals surface area (Å²) in [6, 6.07) is 72.2. The van der Waals surface area contributed by atoms with Gasteiger partial charge in [0.1, 0.15) is 48.3 Å². The molecule has 5 aromatic heterocycles. The van der Waals surface area contributed by atoms with E-state index in [0.29, 0.717) is 47.3 Å². The Balaban J connectivity index is 0.000000128. The van der Waals surface area contributed by atoms with Gasteiger partial charge in [-0.1, -0.05) is 325 Å². The number of imidazole rings is 4. The van der Waals surface area contributed by atoms with Crippen LogP contribution >= 0.6 is 0 Å². The number of para-hydroxylation sites is 4. The molecule has 139 heavy (non-hydrogen) atoms. The van der Waals surface area contributed by atoms with Crippen molar-refractivity contribution >= 4 is 111 Å². The molecule has 16 aromatic rings. The zero-order valence-corrected chi connectivity index (χ0v) is 90.2. The van der Waals surface area contributed by atoms with Gasteiger partial charge in [-0.2, -0.15) is 0 Å². The van der Waals surface area contributed by atoms with Gasteiger partial charge in [0.25, 0.3) is 23.3 Å². The Morgan fingerprint density at radius 3 is 1.21 bits per heavy atom. The molecule has 0 fully saturated rings. The molecule has 0 saturated heterocycles. The number of nitrogens with one attached hydrogen (secondary N) is 1. The molecule has 4 aliphatic rings. The zero-order valence-electron chi connectivity index (χ0n) is 90.2. The van der Waals surface area contributed by atoms with E-state index in [0.717, 1.165) is 11.2 Å². The van der Waals surface area contributed by atoms with Crippen molar-refractivity contribution in [1.29, 1.82) is 0 Å². The number of furan rings is 1. The highest BCUT2D eigenvalue weighted by atomic mass is 16.3. The van der Waals surface area contributed by atoms with Gasteiger partial charge in [0.2, 0.25) is 0 Å². The van der Waals surface area contributed by atoms with Crippen molar-refractivity contribution in [1.82, 2.24) is 18.3 Å². The van der Waals surface area contributed by atoms with Crippen LogP contribution in [0.15, 0.2) is 236 Å². The van der Waals surface area contributed by atoms with Crippen LogP contribution in [0.4, 0.5) is 28.4 Å². The second kappa shape index (κ2) is 37.4. The minimum atomic E-state index is 0.00361. The number of benzene rings is 11. The van der Waals surface area contributed by atoms with Crippen LogP contribution in [0, 0.1) is 27.7 Å². The maximum atomic E-state index is 6.37. The summed E-state index contributed by atoms with van der Waals surface area (Å²) < 4.78 is 25.6. The van der Waals surface area contributed by atoms with E-state index in [2.05, 4.69) is 530 Å². The molecule has 0 radical (unpaired) electrons. The van der Waals surface area contributed by atoms with Gasteiger partial charge < -0.3 is 24.1 Å². The molecule has 17 heteroatoms. The SMILES string of the molecule is Cc1cc2oc3ccccc3c2c2c1-c1n(C)cc[n+]1B(c1c(C(C)C)cccc1C(C)C)N2C.Cc1cccc2c1-c1n(C)c3ccccc3[n+]1B(c1c(C(C)C)cccc1C(C)C)N2C.Cc1cccc2c1-c1n(C)cc[n+]1B(c1c(C(C)(C)C)cc(C(C)(C)C)cc1C(C)(C)C)N2.Cc1cccc2c1-c1n(C)cc[n+]1B(c1c(C(C)C)cccc1C(C)C)N2c1c(C(C)C)cccc1C(C)C. The highest BCUT2D eigenvalue weighted by Crippen LogP contribution is 2.50. The molecular weight excluding hydrogens is 1690 g/mol. The molecule has 11 aromatic carbocycles. The van der Waals surface area contributed by atoms with Crippen molar-refractivity contribution in [3.05, 3.63) is 315 Å². The maximum absolute atomic E-state index is 6.37. The van der Waals surface area contributed by atoms with Gasteiger partial charge in [0, 0.05) is 50.0 Å². The van der Waals surface area contributed by atoms with Crippen LogP contribution in [0.3, 0.4) is 0 Å². The number of rotatable bonds is 13. The summed E-state index contributed by atoms with van der Waals surface area (Å²) in [4.78, 5) is 7.69. The van der Waals surface area contributed by atoms with E-state index in [1.54, 1.807) is 0 Å². The number of aromatic nitrogens is 8. The number of hydrogen-bond donors (Lipinski definition) is 1. The fourth-order valence-electron chi connectivity index (χ4n) is 23.6. The fourth-order valence-corrected chi connectivity index (χ4v) is 23.6. The molecular formula is C122H152B4N12O+4. The Labute approximate surface area is 832 Å². The number of nitrogens with zero attached hydrogens (tertiary/aromatic N) is 11. The standard InChI is InChI=1S/C35H45BN3.C30H33BN3O.C29H40BN3.C28H33BN3/c1-22(2)27-15-12-16-28(23(3)4)33(27)36-38-21-20-37(10)35(38)32-26(9)14-11-19-31(32)39(36)34-29(24(5)6)17-13-18-30(34)25(7)8;1-18(2)21-12-10-13-22(19(3)4)28(21)31-33(7)29-26(30-32(6)15-16-34(30)31)20(5)17-25-27(29)23-11-8-9-14-24(23)35-25;1-19-13-12-14-23-24(19)26-32(11)15-16-33(26)30(31-23)25-21(28(5,6)7)17-20(27(2,3)4)18-22(25)29(8,9)10;1-18(2)21-13-11-14-22(19(3)4)27(21)29-31(7)25-17-10-12-20(5)26(25)28-30(6)23-15-8-9-16-24(23)32(28)29/h11-25H,1-10H3;8-19H,1-7H3;12-18H,1-11H3;8-19H,1-7H3/q2*+1;;+1/p+1. The monoisotopic (exact) mass is 1850 g/mol. The van der Waals surface area contributed by atoms with Crippen LogP contribution in [0.25, 0.3) is 78.5 Å². The topological polar surface area (TPSA) is 70.1 Å². The molecule has 0 bridgehead atoms. The van der Waals surface area contributed by atoms with Crippen LogP contribution in [0.1, 0.15) is 304 Å². The smallest absolute Gasteiger partial charge is 0.456 e. The average molecular weight is 1850 g/mol. The van der Waals surface area contributed by atoms with Crippen LogP contribution in [0.5, 0.6) is 0 Å². The van der Waals surface area contributed by atoms with Crippen molar-refractivity contribution in [2.24, 2.45) is 28.2 Å². The van der Waals surface area contributed by atoms with E-state index >= 15 is 0 Å². The molecule has 0 saturated carbocycles. The normalized spacial score (nSPS) is 13.5. The van der Waals surface area contributed by atoms with Crippen molar-refractivity contribution in [3.8, 4) is 45.6 Å². The Hall–Kier alpha value is -12.2. The molecule has 0 spiro atoms. The summed E-state index contributed by atoms with van der Waals surface area (Å²) in [5.41, 5.74) is 42.8. The van der Waals surface area contributed by atoms with Gasteiger partial charge >= 0.3 is 27.9 Å². The van der Waals surface area contributed by atoms with Gasteiger partial charge in [-0.05, 0) is 231 Å². The first-order valence-corrected chi connectivity index (χ1v) is 51.4. The minimum Gasteiger partial charge on any atom is -0.456 e. The zero-order chi connectivity index (χ0) is 100. The third-order valence-corrected chi connectivity index (χ3v) is 30.5. The molecule has 9 heterocycles. The second-order valence-corrected chi connectivity index (χ2v) is 46.1. The van der Waals surface area contributed by atoms with Gasteiger partial charge in [-0.25, -0.2) is 18.3 Å². The first-order chi connectivity index (χ1) is 65.8. The van der Waals surface area contributed by atoms with E-state index in [1.807, 2.05) is 0 Å². The highest BCUT2D eigenvalue weighted by Gasteiger charge is 2.54. The molecule has 20 rings (SSSR count). The molecule has 4 aliphatic heterocycles. The number of aryl methyl sites for hydroxylation is 8. The predicted octanol–water partition coefficient (Wildman–Crippen LogP) is 25.5. The van der Waals surface area contributed by atoms with E-state index in [1.165, 1.54) is 201 Å². The molecule has 0 unspecified atom stereocenters. The first-order valence-electron chi connectivity index (χ1n) is 51.4. The Bertz CT molecular complexity index is 7260. The molecule has 1 N–H and O–H groups in total. The van der Waals surface area contributed by atoms with Gasteiger partial charge in [-0.15, -0.1) is 0 Å². The minimum absolute atomic E-state index is 0.00361. The molecule has 714 valence electrons. The Morgan fingerprint density at radius 2 is 0.727 bits per heavy atom. The van der Waals surface area contributed by atoms with Gasteiger partial charge in [-0.3, -0.25) is 17.9 Å². The highest BCUT2D eigenvalue weighted by molar-refractivity contribution is 6.73. The Kier molecular flexibility index (Phi) is 26.5. The number of hydrogen-bond acceptors (Lipinski definition) is 5. The maximum Gasteiger partial charge on any atom is 0.542 e. The average Bonchev–Trinajstić information content (AvgIpc) is 1.52. The predicted molar refractivity (Wildman–Crippen MR) is 595 cm³/mol. The third-order valence-electron chi connectivity index (χ3n) is 30.5. The lowest BCUT2D eigenvalue weighted by atomic mass is 9.55. The van der Waals surface area contributed by atoms with Crippen molar-refractivity contribution in [2.75, 3.05) is 33.8 Å². The third kappa shape index (κ3) is 17.0. The Morgan fingerprint density at radius 1 is 0.331 bits per heavy atom. The van der Waals surface area contributed by atoms with Crippen molar-refractivity contribution in [2.45, 2.75) is 264 Å². The summed E-state index contributed by atoms with van der Waals surface area (Å²) >= 11 is 0. The van der Waals surface area contributed by atoms with Crippen LogP contribution in [-0.2, 0) is 44.4 Å².